The maximum atomic E-state index is 11.7. The highest BCUT2D eigenvalue weighted by atomic mass is 32.2. The molecular weight excluding hydrogens is 268 g/mol. The predicted octanol–water partition coefficient (Wildman–Crippen LogP) is 0.506. The summed E-state index contributed by atoms with van der Waals surface area (Å²) in [5.41, 5.74) is 0.841. The van der Waals surface area contributed by atoms with Crippen molar-refractivity contribution in [3.05, 3.63) is 24.3 Å². The highest BCUT2D eigenvalue weighted by molar-refractivity contribution is 7.89. The summed E-state index contributed by atoms with van der Waals surface area (Å²) in [6, 6.07) is 6.45. The second-order valence-corrected chi connectivity index (χ2v) is 6.20. The van der Waals surface area contributed by atoms with E-state index in [0.29, 0.717) is 19.6 Å². The normalized spacial score (nSPS) is 16.2. The molecule has 0 aromatic heterocycles. The van der Waals surface area contributed by atoms with Gasteiger partial charge in [0.1, 0.15) is 0 Å². The first-order chi connectivity index (χ1) is 8.94. The van der Waals surface area contributed by atoms with Gasteiger partial charge in [0.25, 0.3) is 0 Å². The number of nitrogens with one attached hydrogen (secondary N) is 1. The van der Waals surface area contributed by atoms with Crippen LogP contribution in [0.15, 0.2) is 29.2 Å². The molecule has 0 radical (unpaired) electrons. The minimum atomic E-state index is -3.43. The molecule has 0 spiro atoms. The average Bonchev–Trinajstić information content (AvgIpc) is 2.27. The van der Waals surface area contributed by atoms with E-state index in [2.05, 4.69) is 4.72 Å². The first-order valence-corrected chi connectivity index (χ1v) is 7.50. The summed E-state index contributed by atoms with van der Waals surface area (Å²) in [4.78, 5) is 12.8. The Hall–Kier alpha value is -1.60. The zero-order chi connectivity index (χ0) is 14.0. The smallest absolute Gasteiger partial charge is 0.310 e. The van der Waals surface area contributed by atoms with Gasteiger partial charge in [-0.05, 0) is 24.3 Å². The van der Waals surface area contributed by atoms with Crippen LogP contribution in [0, 0.1) is 5.92 Å². The van der Waals surface area contributed by atoms with Crippen LogP contribution in [0.1, 0.15) is 6.92 Å². The Morgan fingerprint density at radius 1 is 1.37 bits per heavy atom. The van der Waals surface area contributed by atoms with E-state index in [1.807, 2.05) is 4.90 Å². The summed E-state index contributed by atoms with van der Waals surface area (Å²) in [6.45, 7) is 3.00. The number of hydrogen-bond donors (Lipinski definition) is 2. The molecule has 1 fully saturated rings. The van der Waals surface area contributed by atoms with E-state index in [9.17, 15) is 13.2 Å². The molecule has 0 atom stereocenters. The van der Waals surface area contributed by atoms with E-state index in [1.165, 1.54) is 12.1 Å². The monoisotopic (exact) mass is 284 g/mol. The summed E-state index contributed by atoms with van der Waals surface area (Å²) < 4.78 is 25.9. The van der Waals surface area contributed by atoms with Crippen LogP contribution in [0.25, 0.3) is 0 Å². The van der Waals surface area contributed by atoms with Crippen molar-refractivity contribution >= 4 is 21.7 Å². The van der Waals surface area contributed by atoms with Gasteiger partial charge < -0.3 is 10.0 Å². The first-order valence-electron chi connectivity index (χ1n) is 6.01. The maximum absolute atomic E-state index is 11.7. The second kappa shape index (κ2) is 5.18. The van der Waals surface area contributed by atoms with Gasteiger partial charge in [-0.3, -0.25) is 4.79 Å². The maximum Gasteiger partial charge on any atom is 0.310 e. The van der Waals surface area contributed by atoms with Crippen molar-refractivity contribution < 1.29 is 18.3 Å². The number of carboxylic acids is 1. The summed E-state index contributed by atoms with van der Waals surface area (Å²) >= 11 is 0. The Balaban J connectivity index is 2.06. The van der Waals surface area contributed by atoms with Crippen molar-refractivity contribution in [3.63, 3.8) is 0 Å². The van der Waals surface area contributed by atoms with Gasteiger partial charge in [-0.25, -0.2) is 13.1 Å². The Kier molecular flexibility index (Phi) is 3.77. The third-order valence-electron chi connectivity index (χ3n) is 3.08. The van der Waals surface area contributed by atoms with Crippen molar-refractivity contribution in [2.45, 2.75) is 11.8 Å². The number of nitrogens with zero attached hydrogens (tertiary/aromatic N) is 1. The van der Waals surface area contributed by atoms with E-state index in [-0.39, 0.29) is 10.8 Å². The molecule has 2 N–H and O–H groups in total. The Morgan fingerprint density at radius 2 is 1.95 bits per heavy atom. The molecule has 2 rings (SSSR count). The van der Waals surface area contributed by atoms with Crippen LogP contribution < -0.4 is 9.62 Å². The van der Waals surface area contributed by atoms with E-state index in [0.717, 1.165) is 5.69 Å². The zero-order valence-corrected chi connectivity index (χ0v) is 11.4. The van der Waals surface area contributed by atoms with Crippen LogP contribution in [0.4, 0.5) is 5.69 Å². The lowest BCUT2D eigenvalue weighted by atomic mass is 10.00. The molecule has 0 unspecified atom stereocenters. The average molecular weight is 284 g/mol. The number of aliphatic carboxylic acids is 1. The lowest BCUT2D eigenvalue weighted by molar-refractivity contribution is -0.142. The van der Waals surface area contributed by atoms with Crippen LogP contribution >= 0.6 is 0 Å². The third-order valence-corrected chi connectivity index (χ3v) is 4.64. The van der Waals surface area contributed by atoms with Gasteiger partial charge in [0.15, 0.2) is 0 Å². The molecule has 1 aliphatic heterocycles. The van der Waals surface area contributed by atoms with Crippen LogP contribution in [0.5, 0.6) is 0 Å². The molecule has 1 aliphatic rings. The molecule has 0 bridgehead atoms. The SMILES string of the molecule is CCNS(=O)(=O)c1ccc(N2CC(C(=O)O)C2)cc1. The van der Waals surface area contributed by atoms with Crippen LogP contribution in [-0.2, 0) is 14.8 Å². The number of carboxylic acid groups (broad SMARTS) is 1. The first kappa shape index (κ1) is 13.8. The number of carbonyl (C=O) groups is 1. The molecular formula is C12H16N2O4S. The highest BCUT2D eigenvalue weighted by Crippen LogP contribution is 2.25. The van der Waals surface area contributed by atoms with Gasteiger partial charge in [-0.1, -0.05) is 6.92 Å². The zero-order valence-electron chi connectivity index (χ0n) is 10.5. The molecule has 1 heterocycles. The molecule has 0 aliphatic carbocycles. The number of sulfonamides is 1. The standard InChI is InChI=1S/C12H16N2O4S/c1-2-13-19(17,18)11-5-3-10(4-6-11)14-7-9(8-14)12(15)16/h3-6,9,13H,2,7-8H2,1H3,(H,15,16). The molecule has 1 aromatic carbocycles. The molecule has 0 amide bonds. The molecule has 19 heavy (non-hydrogen) atoms. The largest absolute Gasteiger partial charge is 0.481 e. The van der Waals surface area contributed by atoms with Crippen molar-refractivity contribution in [1.82, 2.24) is 4.72 Å². The Labute approximate surface area is 112 Å². The number of benzene rings is 1. The minimum Gasteiger partial charge on any atom is -0.481 e. The third kappa shape index (κ3) is 2.87. The number of anilines is 1. The number of rotatable bonds is 5. The lowest BCUT2D eigenvalue weighted by Gasteiger charge is -2.38. The minimum absolute atomic E-state index is 0.216. The molecule has 1 aromatic rings. The van der Waals surface area contributed by atoms with Crippen LogP contribution in [0.3, 0.4) is 0 Å². The highest BCUT2D eigenvalue weighted by Gasteiger charge is 2.32. The van der Waals surface area contributed by atoms with Crippen LogP contribution in [0.2, 0.25) is 0 Å². The second-order valence-electron chi connectivity index (χ2n) is 4.44. The molecule has 6 nitrogen and oxygen atoms in total. The van der Waals surface area contributed by atoms with E-state index < -0.39 is 16.0 Å². The Bertz CT molecular complexity index is 562. The summed E-state index contributed by atoms with van der Waals surface area (Å²) in [7, 11) is -3.43. The molecule has 0 saturated carbocycles. The molecule has 104 valence electrons. The van der Waals surface area contributed by atoms with Gasteiger partial charge >= 0.3 is 5.97 Å². The quantitative estimate of drug-likeness (QED) is 0.822. The van der Waals surface area contributed by atoms with Crippen molar-refractivity contribution in [2.75, 3.05) is 24.5 Å². The van der Waals surface area contributed by atoms with Crippen molar-refractivity contribution in [2.24, 2.45) is 5.92 Å². The lowest BCUT2D eigenvalue weighted by Crippen LogP contribution is -2.50. The fraction of sp³-hybridized carbons (Fsp3) is 0.417. The van der Waals surface area contributed by atoms with Crippen molar-refractivity contribution in [1.29, 1.82) is 0 Å². The molecule has 7 heteroatoms. The van der Waals surface area contributed by atoms with Gasteiger partial charge in [-0.15, -0.1) is 0 Å². The van der Waals surface area contributed by atoms with E-state index in [1.54, 1.807) is 19.1 Å². The summed E-state index contributed by atoms with van der Waals surface area (Å²) in [6.07, 6.45) is 0. The fourth-order valence-corrected chi connectivity index (χ4v) is 3.00. The number of hydrogen-bond acceptors (Lipinski definition) is 4. The van der Waals surface area contributed by atoms with Crippen molar-refractivity contribution in [3.8, 4) is 0 Å². The topological polar surface area (TPSA) is 86.7 Å². The van der Waals surface area contributed by atoms with E-state index >= 15 is 0 Å². The summed E-state index contributed by atoms with van der Waals surface area (Å²) in [5, 5.41) is 8.79. The van der Waals surface area contributed by atoms with Gasteiger partial charge in [0, 0.05) is 25.3 Å². The van der Waals surface area contributed by atoms with Gasteiger partial charge in [0.05, 0.1) is 10.8 Å². The fourth-order valence-electron chi connectivity index (χ4n) is 1.96. The van der Waals surface area contributed by atoms with Gasteiger partial charge in [-0.2, -0.15) is 0 Å². The predicted molar refractivity (Wildman–Crippen MR) is 70.6 cm³/mol. The summed E-state index contributed by atoms with van der Waals surface area (Å²) in [5.74, 6) is -1.12. The van der Waals surface area contributed by atoms with Gasteiger partial charge in [0.2, 0.25) is 10.0 Å². The van der Waals surface area contributed by atoms with Crippen LogP contribution in [-0.4, -0.2) is 39.1 Å². The van der Waals surface area contributed by atoms with E-state index in [4.69, 9.17) is 5.11 Å². The molecule has 1 saturated heterocycles. The Morgan fingerprint density at radius 3 is 2.42 bits per heavy atom.